The van der Waals surface area contributed by atoms with E-state index in [-0.39, 0.29) is 48.1 Å². The van der Waals surface area contributed by atoms with Crippen LogP contribution in [-0.2, 0) is 30.5 Å². The Morgan fingerprint density at radius 3 is 2.76 bits per heavy atom. The van der Waals surface area contributed by atoms with Crippen molar-refractivity contribution >= 4 is 17.5 Å². The second-order valence-electron chi connectivity index (χ2n) is 9.66. The fourth-order valence-electron chi connectivity index (χ4n) is 5.73. The van der Waals surface area contributed by atoms with Gasteiger partial charge in [0.15, 0.2) is 5.69 Å². The van der Waals surface area contributed by atoms with Crippen LogP contribution in [0.1, 0.15) is 54.6 Å². The maximum absolute atomic E-state index is 14.4. The number of piperidine rings is 1. The van der Waals surface area contributed by atoms with Crippen LogP contribution in [0.5, 0.6) is 0 Å². The number of carbonyl (C=O) groups excluding carboxylic acids is 1. The number of hydrogen-bond acceptors (Lipinski definition) is 3. The van der Waals surface area contributed by atoms with E-state index in [1.807, 2.05) is 0 Å². The van der Waals surface area contributed by atoms with Crippen molar-refractivity contribution in [3.05, 3.63) is 51.6 Å². The molecule has 2 atom stereocenters. The first-order chi connectivity index (χ1) is 16.2. The number of carbonyl (C=O) groups is 1. The maximum atomic E-state index is 14.4. The number of alkyl halides is 3. The van der Waals surface area contributed by atoms with E-state index in [0.717, 1.165) is 32.0 Å². The highest BCUT2D eigenvalue weighted by Gasteiger charge is 2.41. The van der Waals surface area contributed by atoms with Crippen LogP contribution in [0, 0.1) is 11.7 Å². The zero-order chi connectivity index (χ0) is 24.0. The summed E-state index contributed by atoms with van der Waals surface area (Å²) < 4.78 is 56.6. The van der Waals surface area contributed by atoms with Crippen molar-refractivity contribution in [3.63, 3.8) is 0 Å². The van der Waals surface area contributed by atoms with Crippen molar-refractivity contribution in [2.45, 2.75) is 63.8 Å². The van der Waals surface area contributed by atoms with Crippen molar-refractivity contribution in [1.82, 2.24) is 19.6 Å². The number of nitrogens with zero attached hydrogens (tertiary/aromatic N) is 4. The minimum absolute atomic E-state index is 0.0268. The quantitative estimate of drug-likeness (QED) is 0.563. The molecular weight excluding hydrogens is 472 g/mol. The molecule has 1 aromatic heterocycles. The standard InChI is InChI=1S/C24H27ClF4N4O/c25-17-4-3-16(20(26)12-17)13-33-21-14-32(9-6-19(21)23(30-33)24(27,28)29)22(34)11-15-5-8-31-7-1-2-18(31)10-15/h3-4,12,15,18H,1-2,5-11,13-14H2. The number of benzene rings is 1. The number of amides is 1. The minimum Gasteiger partial charge on any atom is -0.336 e. The zero-order valence-electron chi connectivity index (χ0n) is 18.8. The van der Waals surface area contributed by atoms with Crippen molar-refractivity contribution in [2.75, 3.05) is 19.6 Å². The van der Waals surface area contributed by atoms with Gasteiger partial charge in [0.2, 0.25) is 5.91 Å². The fraction of sp³-hybridized carbons (Fsp3) is 0.583. The normalized spacial score (nSPS) is 23.1. The van der Waals surface area contributed by atoms with Crippen molar-refractivity contribution < 1.29 is 22.4 Å². The Morgan fingerprint density at radius 1 is 1.18 bits per heavy atom. The highest BCUT2D eigenvalue weighted by atomic mass is 35.5. The number of rotatable bonds is 4. The summed E-state index contributed by atoms with van der Waals surface area (Å²) in [6.45, 7) is 2.28. The first-order valence-electron chi connectivity index (χ1n) is 11.8. The van der Waals surface area contributed by atoms with Gasteiger partial charge in [0.25, 0.3) is 0 Å². The summed E-state index contributed by atoms with van der Waals surface area (Å²) >= 11 is 5.80. The number of fused-ring (bicyclic) bond motifs is 2. The molecule has 0 saturated carbocycles. The molecule has 2 saturated heterocycles. The van der Waals surface area contributed by atoms with E-state index in [4.69, 9.17) is 11.6 Å². The number of halogens is 5. The molecule has 3 aliphatic rings. The number of hydrogen-bond donors (Lipinski definition) is 0. The molecule has 2 aromatic rings. The van der Waals surface area contributed by atoms with Gasteiger partial charge in [-0.1, -0.05) is 17.7 Å². The van der Waals surface area contributed by atoms with E-state index in [1.165, 1.54) is 29.7 Å². The van der Waals surface area contributed by atoms with Crippen molar-refractivity contribution in [2.24, 2.45) is 5.92 Å². The van der Waals surface area contributed by atoms with Gasteiger partial charge in [-0.3, -0.25) is 9.48 Å². The lowest BCUT2D eigenvalue weighted by Crippen LogP contribution is -2.41. The molecule has 4 heterocycles. The SMILES string of the molecule is O=C(CC1CCN2CCCC2C1)N1CCc2c(C(F)(F)F)nn(Cc3ccc(Cl)cc3F)c2C1. The molecular formula is C24H27ClF4N4O. The smallest absolute Gasteiger partial charge is 0.336 e. The van der Waals surface area contributed by atoms with Crippen molar-refractivity contribution in [1.29, 1.82) is 0 Å². The minimum atomic E-state index is -4.62. The van der Waals surface area contributed by atoms with Gasteiger partial charge in [0.05, 0.1) is 18.8 Å². The molecule has 5 rings (SSSR count). The van der Waals surface area contributed by atoms with Gasteiger partial charge in [-0.2, -0.15) is 18.3 Å². The second-order valence-corrected chi connectivity index (χ2v) is 10.1. The van der Waals surface area contributed by atoms with Gasteiger partial charge in [-0.15, -0.1) is 0 Å². The number of aromatic nitrogens is 2. The van der Waals surface area contributed by atoms with Gasteiger partial charge in [-0.05, 0) is 63.2 Å². The Bertz CT molecular complexity index is 1090. The van der Waals surface area contributed by atoms with Gasteiger partial charge >= 0.3 is 6.18 Å². The topological polar surface area (TPSA) is 41.4 Å². The van der Waals surface area contributed by atoms with Crippen LogP contribution >= 0.6 is 11.6 Å². The van der Waals surface area contributed by atoms with Crippen LogP contribution in [0.2, 0.25) is 5.02 Å². The third-order valence-electron chi connectivity index (χ3n) is 7.49. The van der Waals surface area contributed by atoms with Gasteiger partial charge in [0.1, 0.15) is 5.82 Å². The summed E-state index contributed by atoms with van der Waals surface area (Å²) in [5, 5.41) is 4.02. The maximum Gasteiger partial charge on any atom is 0.435 e. The largest absolute Gasteiger partial charge is 0.435 e. The first-order valence-corrected chi connectivity index (χ1v) is 12.2. The Balaban J connectivity index is 1.34. The molecule has 0 N–H and O–H groups in total. The average Bonchev–Trinajstić information content (AvgIpc) is 3.39. The lowest BCUT2D eigenvalue weighted by atomic mass is 9.88. The molecule has 34 heavy (non-hydrogen) atoms. The van der Waals surface area contributed by atoms with Gasteiger partial charge in [-0.25, -0.2) is 4.39 Å². The Hall–Kier alpha value is -2.13. The molecule has 3 aliphatic heterocycles. The van der Waals surface area contributed by atoms with E-state index in [9.17, 15) is 22.4 Å². The predicted octanol–water partition coefficient (Wildman–Crippen LogP) is 4.89. The van der Waals surface area contributed by atoms with E-state index < -0.39 is 17.7 Å². The Labute approximate surface area is 200 Å². The highest BCUT2D eigenvalue weighted by Crippen LogP contribution is 2.36. The molecule has 2 unspecified atom stereocenters. The first kappa shape index (κ1) is 23.6. The molecule has 10 heteroatoms. The average molecular weight is 499 g/mol. The van der Waals surface area contributed by atoms with E-state index in [1.54, 1.807) is 4.90 Å². The van der Waals surface area contributed by atoms with Crippen LogP contribution in [0.15, 0.2) is 18.2 Å². The lowest BCUT2D eigenvalue weighted by molar-refractivity contribution is -0.142. The molecule has 0 spiro atoms. The Kier molecular flexibility index (Phi) is 6.35. The second kappa shape index (κ2) is 9.15. The van der Waals surface area contributed by atoms with E-state index in [0.29, 0.717) is 24.1 Å². The third kappa shape index (κ3) is 4.69. The molecule has 5 nitrogen and oxygen atoms in total. The van der Waals surface area contributed by atoms with Gasteiger partial charge in [0, 0.05) is 35.2 Å². The molecule has 2 fully saturated rings. The zero-order valence-corrected chi connectivity index (χ0v) is 19.5. The Morgan fingerprint density at radius 2 is 2.00 bits per heavy atom. The molecule has 0 radical (unpaired) electrons. The van der Waals surface area contributed by atoms with Gasteiger partial charge < -0.3 is 9.80 Å². The fourth-order valence-corrected chi connectivity index (χ4v) is 5.89. The van der Waals surface area contributed by atoms with Crippen LogP contribution in [0.4, 0.5) is 17.6 Å². The summed E-state index contributed by atoms with van der Waals surface area (Å²) in [6.07, 6.45) is 0.268. The summed E-state index contributed by atoms with van der Waals surface area (Å²) in [5.74, 6) is -0.319. The summed E-state index contributed by atoms with van der Waals surface area (Å²) in [6, 6.07) is 4.62. The summed E-state index contributed by atoms with van der Waals surface area (Å²) in [5.41, 5.74) is -0.329. The van der Waals surface area contributed by atoms with Crippen LogP contribution in [0.3, 0.4) is 0 Å². The third-order valence-corrected chi connectivity index (χ3v) is 7.72. The van der Waals surface area contributed by atoms with E-state index >= 15 is 0 Å². The lowest BCUT2D eigenvalue weighted by Gasteiger charge is -2.36. The molecule has 1 amide bonds. The van der Waals surface area contributed by atoms with Crippen LogP contribution < -0.4 is 0 Å². The predicted molar refractivity (Wildman–Crippen MR) is 119 cm³/mol. The van der Waals surface area contributed by atoms with Crippen LogP contribution in [0.25, 0.3) is 0 Å². The molecule has 0 bridgehead atoms. The monoisotopic (exact) mass is 498 g/mol. The van der Waals surface area contributed by atoms with E-state index in [2.05, 4.69) is 10.00 Å². The molecule has 184 valence electrons. The molecule has 1 aromatic carbocycles. The highest BCUT2D eigenvalue weighted by molar-refractivity contribution is 6.30. The molecule has 0 aliphatic carbocycles. The van der Waals surface area contributed by atoms with Crippen molar-refractivity contribution in [3.8, 4) is 0 Å². The summed E-state index contributed by atoms with van der Waals surface area (Å²) in [4.78, 5) is 17.3. The van der Waals surface area contributed by atoms with Crippen LogP contribution in [-0.4, -0.2) is 51.2 Å². The summed E-state index contributed by atoms with van der Waals surface area (Å²) in [7, 11) is 0.